The Bertz CT molecular complexity index is 812. The third kappa shape index (κ3) is 3.87. The van der Waals surface area contributed by atoms with Gasteiger partial charge in [0.1, 0.15) is 18.1 Å². The number of nitrogens with two attached hydrogens (primary N) is 1. The van der Waals surface area contributed by atoms with Crippen molar-refractivity contribution in [2.24, 2.45) is 0 Å². The number of H-pyrrole nitrogens is 1. The van der Waals surface area contributed by atoms with Crippen LogP contribution < -0.4 is 15.2 Å². The maximum atomic E-state index is 5.85. The minimum atomic E-state index is 0.108. The fourth-order valence-electron chi connectivity index (χ4n) is 2.37. The van der Waals surface area contributed by atoms with Crippen molar-refractivity contribution in [2.45, 2.75) is 26.6 Å². The van der Waals surface area contributed by atoms with Gasteiger partial charge >= 0.3 is 0 Å². The van der Waals surface area contributed by atoms with E-state index in [1.54, 1.807) is 6.07 Å². The molecule has 0 radical (unpaired) electrons. The third-order valence-corrected chi connectivity index (χ3v) is 3.41. The van der Waals surface area contributed by atoms with Crippen molar-refractivity contribution < 1.29 is 9.47 Å². The highest BCUT2D eigenvalue weighted by Crippen LogP contribution is 2.29. The molecule has 0 aliphatic carbocycles. The number of anilines is 1. The molecule has 0 saturated carbocycles. The summed E-state index contributed by atoms with van der Waals surface area (Å²) in [5, 5.41) is 7.38. The Labute approximate surface area is 141 Å². The summed E-state index contributed by atoms with van der Waals surface area (Å²) in [5.74, 6) is 1.55. The fraction of sp³-hybridized carbons (Fsp3) is 0.211. The quantitative estimate of drug-likeness (QED) is 0.672. The predicted octanol–water partition coefficient (Wildman–Crippen LogP) is 4.03. The van der Waals surface area contributed by atoms with Crippen molar-refractivity contribution in [2.75, 3.05) is 5.73 Å². The van der Waals surface area contributed by atoms with E-state index in [2.05, 4.69) is 10.2 Å². The van der Waals surface area contributed by atoms with Crippen LogP contribution in [0.2, 0.25) is 0 Å². The molecule has 0 aliphatic heterocycles. The van der Waals surface area contributed by atoms with Crippen molar-refractivity contribution in [3.63, 3.8) is 0 Å². The molecule has 2 aromatic carbocycles. The fourth-order valence-corrected chi connectivity index (χ4v) is 2.37. The number of ether oxygens (including phenoxy) is 2. The number of hydrogen-bond donors (Lipinski definition) is 2. The lowest BCUT2D eigenvalue weighted by Crippen LogP contribution is -2.06. The topological polar surface area (TPSA) is 73.2 Å². The summed E-state index contributed by atoms with van der Waals surface area (Å²) in [6.07, 6.45) is 0.108. The molecule has 0 unspecified atom stereocenters. The van der Waals surface area contributed by atoms with Crippen LogP contribution in [-0.2, 0) is 6.61 Å². The van der Waals surface area contributed by atoms with E-state index < -0.39 is 0 Å². The third-order valence-electron chi connectivity index (χ3n) is 3.41. The molecule has 124 valence electrons. The molecule has 3 rings (SSSR count). The lowest BCUT2D eigenvalue weighted by Gasteiger charge is -2.12. The zero-order chi connectivity index (χ0) is 16.9. The second-order valence-electron chi connectivity index (χ2n) is 5.80. The van der Waals surface area contributed by atoms with Gasteiger partial charge in [0, 0.05) is 17.3 Å². The van der Waals surface area contributed by atoms with Gasteiger partial charge in [0.05, 0.1) is 17.5 Å². The van der Waals surface area contributed by atoms with Crippen LogP contribution in [0, 0.1) is 0 Å². The average Bonchev–Trinajstić information content (AvgIpc) is 3.02. The predicted molar refractivity (Wildman–Crippen MR) is 95.0 cm³/mol. The summed E-state index contributed by atoms with van der Waals surface area (Å²) in [7, 11) is 0. The van der Waals surface area contributed by atoms with Gasteiger partial charge in [-0.1, -0.05) is 18.2 Å². The molecular formula is C19H21N3O2. The van der Waals surface area contributed by atoms with Gasteiger partial charge in [-0.15, -0.1) is 0 Å². The number of aromatic nitrogens is 2. The Morgan fingerprint density at radius 2 is 1.92 bits per heavy atom. The smallest absolute Gasteiger partial charge is 0.130 e. The molecule has 1 heterocycles. The molecule has 0 atom stereocenters. The first kappa shape index (κ1) is 15.9. The van der Waals surface area contributed by atoms with Gasteiger partial charge in [-0.25, -0.2) is 0 Å². The van der Waals surface area contributed by atoms with Gasteiger partial charge in [0.15, 0.2) is 0 Å². The van der Waals surface area contributed by atoms with Crippen molar-refractivity contribution in [3.05, 3.63) is 60.3 Å². The molecule has 0 amide bonds. The SMILES string of the molecule is CC(C)Oc1ccccc1-c1cc(COc2cccc(N)c2)[nH]n1. The second-order valence-corrected chi connectivity index (χ2v) is 5.80. The van der Waals surface area contributed by atoms with Gasteiger partial charge in [0.2, 0.25) is 0 Å². The van der Waals surface area contributed by atoms with Crippen LogP contribution in [0.25, 0.3) is 11.3 Å². The van der Waals surface area contributed by atoms with Crippen LogP contribution in [0.15, 0.2) is 54.6 Å². The zero-order valence-corrected chi connectivity index (χ0v) is 13.8. The molecule has 5 nitrogen and oxygen atoms in total. The summed E-state index contributed by atoms with van der Waals surface area (Å²) in [4.78, 5) is 0. The zero-order valence-electron chi connectivity index (χ0n) is 13.8. The summed E-state index contributed by atoms with van der Waals surface area (Å²) >= 11 is 0. The first-order valence-corrected chi connectivity index (χ1v) is 7.90. The molecular weight excluding hydrogens is 302 g/mol. The summed E-state index contributed by atoms with van der Waals surface area (Å²) in [6, 6.07) is 17.2. The molecule has 0 saturated heterocycles. The number of nitrogens with zero attached hydrogens (tertiary/aromatic N) is 1. The van der Waals surface area contributed by atoms with E-state index in [1.165, 1.54) is 0 Å². The van der Waals surface area contributed by atoms with Crippen molar-refractivity contribution in [1.29, 1.82) is 0 Å². The Balaban J connectivity index is 1.74. The Hall–Kier alpha value is -2.95. The monoisotopic (exact) mass is 323 g/mol. The number of hydrogen-bond acceptors (Lipinski definition) is 4. The maximum Gasteiger partial charge on any atom is 0.130 e. The highest BCUT2D eigenvalue weighted by atomic mass is 16.5. The molecule has 3 aromatic rings. The van der Waals surface area contributed by atoms with E-state index in [9.17, 15) is 0 Å². The normalized spacial score (nSPS) is 10.8. The number of aromatic amines is 1. The summed E-state index contributed by atoms with van der Waals surface area (Å²) in [6.45, 7) is 4.40. The summed E-state index contributed by atoms with van der Waals surface area (Å²) in [5.41, 5.74) is 9.10. The van der Waals surface area contributed by atoms with Crippen LogP contribution in [0.3, 0.4) is 0 Å². The minimum absolute atomic E-state index is 0.108. The van der Waals surface area contributed by atoms with Crippen LogP contribution in [-0.4, -0.2) is 16.3 Å². The molecule has 0 aliphatic rings. The standard InChI is InChI=1S/C19H21N3O2/c1-13(2)24-19-9-4-3-8-17(19)18-11-15(21-22-18)12-23-16-7-5-6-14(20)10-16/h3-11,13H,12,20H2,1-2H3,(H,21,22). The lowest BCUT2D eigenvalue weighted by atomic mass is 10.1. The molecule has 3 N–H and O–H groups in total. The van der Waals surface area contributed by atoms with Crippen LogP contribution >= 0.6 is 0 Å². The van der Waals surface area contributed by atoms with Gasteiger partial charge in [-0.05, 0) is 44.2 Å². The van der Waals surface area contributed by atoms with Gasteiger partial charge in [0.25, 0.3) is 0 Å². The van der Waals surface area contributed by atoms with E-state index in [0.29, 0.717) is 12.3 Å². The van der Waals surface area contributed by atoms with E-state index in [1.807, 2.05) is 62.4 Å². The first-order valence-electron chi connectivity index (χ1n) is 7.90. The number of rotatable bonds is 6. The van der Waals surface area contributed by atoms with Crippen molar-refractivity contribution in [3.8, 4) is 22.8 Å². The molecule has 24 heavy (non-hydrogen) atoms. The minimum Gasteiger partial charge on any atom is -0.490 e. The summed E-state index contributed by atoms with van der Waals surface area (Å²) < 4.78 is 11.6. The second kappa shape index (κ2) is 7.08. The highest BCUT2D eigenvalue weighted by Gasteiger charge is 2.11. The van der Waals surface area contributed by atoms with E-state index in [-0.39, 0.29) is 6.10 Å². The Kier molecular flexibility index (Phi) is 4.70. The average molecular weight is 323 g/mol. The van der Waals surface area contributed by atoms with E-state index in [4.69, 9.17) is 15.2 Å². The number of para-hydroxylation sites is 1. The molecule has 5 heteroatoms. The molecule has 1 aromatic heterocycles. The first-order chi connectivity index (χ1) is 11.6. The largest absolute Gasteiger partial charge is 0.490 e. The van der Waals surface area contributed by atoms with E-state index in [0.717, 1.165) is 28.5 Å². The van der Waals surface area contributed by atoms with Gasteiger partial charge in [-0.3, -0.25) is 5.10 Å². The molecule has 0 fully saturated rings. The Morgan fingerprint density at radius 3 is 2.71 bits per heavy atom. The maximum absolute atomic E-state index is 5.85. The van der Waals surface area contributed by atoms with Crippen molar-refractivity contribution in [1.82, 2.24) is 10.2 Å². The lowest BCUT2D eigenvalue weighted by molar-refractivity contribution is 0.243. The molecule has 0 bridgehead atoms. The van der Waals surface area contributed by atoms with Crippen LogP contribution in [0.5, 0.6) is 11.5 Å². The van der Waals surface area contributed by atoms with Crippen molar-refractivity contribution >= 4 is 5.69 Å². The van der Waals surface area contributed by atoms with Gasteiger partial charge in [-0.2, -0.15) is 5.10 Å². The van der Waals surface area contributed by atoms with Crippen LogP contribution in [0.4, 0.5) is 5.69 Å². The van der Waals surface area contributed by atoms with Crippen LogP contribution in [0.1, 0.15) is 19.5 Å². The highest BCUT2D eigenvalue weighted by molar-refractivity contribution is 5.67. The van der Waals surface area contributed by atoms with E-state index >= 15 is 0 Å². The molecule has 0 spiro atoms. The Morgan fingerprint density at radius 1 is 1.08 bits per heavy atom. The number of nitrogen functional groups attached to an aromatic ring is 1. The number of nitrogens with one attached hydrogen (secondary N) is 1. The van der Waals surface area contributed by atoms with Gasteiger partial charge < -0.3 is 15.2 Å². The number of benzene rings is 2.